The predicted octanol–water partition coefficient (Wildman–Crippen LogP) is 4.77. The molecule has 2 aliphatic rings. The van der Waals surface area contributed by atoms with Gasteiger partial charge < -0.3 is 15.0 Å². The van der Waals surface area contributed by atoms with Gasteiger partial charge in [-0.25, -0.2) is 0 Å². The zero-order valence-electron chi connectivity index (χ0n) is 17.4. The predicted molar refractivity (Wildman–Crippen MR) is 124 cm³/mol. The van der Waals surface area contributed by atoms with E-state index in [1.807, 2.05) is 11.8 Å². The van der Waals surface area contributed by atoms with Crippen LogP contribution in [0.3, 0.4) is 0 Å². The minimum absolute atomic E-state index is 0.219. The highest BCUT2D eigenvalue weighted by molar-refractivity contribution is 8.03. The van der Waals surface area contributed by atoms with Gasteiger partial charge in [0.2, 0.25) is 0 Å². The van der Waals surface area contributed by atoms with Crippen molar-refractivity contribution >= 4 is 23.1 Å². The molecule has 0 spiro atoms. The number of hydrogen-bond donors (Lipinski definition) is 1. The summed E-state index contributed by atoms with van der Waals surface area (Å²) >= 11 is 1.87. The quantitative estimate of drug-likeness (QED) is 0.711. The highest BCUT2D eigenvalue weighted by Gasteiger charge is 2.28. The van der Waals surface area contributed by atoms with E-state index < -0.39 is 0 Å². The molecule has 0 aromatic heterocycles. The molecule has 0 amide bonds. The Morgan fingerprint density at radius 1 is 1.03 bits per heavy atom. The van der Waals surface area contributed by atoms with Crippen LogP contribution in [0.15, 0.2) is 53.9 Å². The van der Waals surface area contributed by atoms with Crippen LogP contribution in [-0.2, 0) is 4.74 Å². The fraction of sp³-hybridized carbons (Fsp3) is 0.417. The second kappa shape index (κ2) is 9.70. The van der Waals surface area contributed by atoms with Crippen LogP contribution in [0.25, 0.3) is 5.70 Å². The molecule has 154 valence electrons. The maximum Gasteiger partial charge on any atom is 0.152 e. The molecule has 1 fully saturated rings. The van der Waals surface area contributed by atoms with Crippen molar-refractivity contribution in [1.29, 1.82) is 0 Å². The summed E-state index contributed by atoms with van der Waals surface area (Å²) in [6, 6.07) is 17.4. The number of hydrogen-bond acceptors (Lipinski definition) is 5. The normalized spacial score (nSPS) is 20.0. The maximum atomic E-state index is 5.48. The van der Waals surface area contributed by atoms with Gasteiger partial charge in [0, 0.05) is 31.9 Å². The number of ether oxygens (including phenoxy) is 1. The average molecular weight is 410 g/mol. The van der Waals surface area contributed by atoms with Crippen LogP contribution in [0.5, 0.6) is 0 Å². The second-order valence-corrected chi connectivity index (χ2v) is 8.78. The minimum atomic E-state index is 0.219. The fourth-order valence-corrected chi connectivity index (χ4v) is 5.08. The van der Waals surface area contributed by atoms with Crippen LogP contribution in [0.4, 0.5) is 5.69 Å². The van der Waals surface area contributed by atoms with Crippen molar-refractivity contribution in [3.05, 3.63) is 70.6 Å². The smallest absolute Gasteiger partial charge is 0.152 e. The molecule has 0 radical (unpaired) electrons. The molecule has 2 aromatic carbocycles. The molecule has 0 bridgehead atoms. The minimum Gasteiger partial charge on any atom is -0.379 e. The fourth-order valence-electron chi connectivity index (χ4n) is 3.99. The standard InChI is InChI=1S/C24H31N3OS/c1-19-9-10-22(20(2)17-19)25-24-27(12-6-11-26-13-15-28-16-14-26)23(18-29-24)21-7-4-3-5-8-21/h3-5,7-10,17-18,24-25H,6,11-16H2,1-2H3. The van der Waals surface area contributed by atoms with E-state index in [1.54, 1.807) is 0 Å². The van der Waals surface area contributed by atoms with E-state index in [1.165, 1.54) is 28.1 Å². The highest BCUT2D eigenvalue weighted by Crippen LogP contribution is 2.37. The molecule has 4 nitrogen and oxygen atoms in total. The molecular weight excluding hydrogens is 378 g/mol. The molecule has 4 rings (SSSR count). The number of benzene rings is 2. The van der Waals surface area contributed by atoms with Crippen molar-refractivity contribution < 1.29 is 4.74 Å². The summed E-state index contributed by atoms with van der Waals surface area (Å²) in [5.74, 6) is 0. The van der Waals surface area contributed by atoms with Gasteiger partial charge in [-0.3, -0.25) is 4.90 Å². The topological polar surface area (TPSA) is 27.7 Å². The Kier molecular flexibility index (Phi) is 6.80. The van der Waals surface area contributed by atoms with Crippen LogP contribution in [0, 0.1) is 13.8 Å². The third-order valence-electron chi connectivity index (χ3n) is 5.61. The first kappa shape index (κ1) is 20.3. The van der Waals surface area contributed by atoms with Crippen molar-refractivity contribution in [2.24, 2.45) is 0 Å². The molecular formula is C24H31N3OS. The van der Waals surface area contributed by atoms with E-state index in [4.69, 9.17) is 4.74 Å². The number of rotatable bonds is 7. The number of nitrogens with one attached hydrogen (secondary N) is 1. The summed E-state index contributed by atoms with van der Waals surface area (Å²) in [6.07, 6.45) is 1.15. The summed E-state index contributed by atoms with van der Waals surface area (Å²) in [5, 5.41) is 6.09. The first-order valence-electron chi connectivity index (χ1n) is 10.5. The summed E-state index contributed by atoms with van der Waals surface area (Å²) in [6.45, 7) is 10.3. The lowest BCUT2D eigenvalue weighted by molar-refractivity contribution is 0.0367. The Balaban J connectivity index is 1.46. The Hall–Kier alpha value is -1.95. The van der Waals surface area contributed by atoms with E-state index in [9.17, 15) is 0 Å². The number of nitrogens with zero attached hydrogens (tertiary/aromatic N) is 2. The largest absolute Gasteiger partial charge is 0.379 e. The van der Waals surface area contributed by atoms with E-state index in [0.717, 1.165) is 45.8 Å². The van der Waals surface area contributed by atoms with Gasteiger partial charge in [0.25, 0.3) is 0 Å². The molecule has 2 heterocycles. The second-order valence-electron chi connectivity index (χ2n) is 7.82. The molecule has 2 aliphatic heterocycles. The van der Waals surface area contributed by atoms with Gasteiger partial charge in [-0.1, -0.05) is 59.8 Å². The summed E-state index contributed by atoms with van der Waals surface area (Å²) in [5.41, 5.74) is 6.64. The number of anilines is 1. The van der Waals surface area contributed by atoms with Crippen molar-refractivity contribution in [2.75, 3.05) is 44.7 Å². The lowest BCUT2D eigenvalue weighted by Gasteiger charge is -2.32. The maximum absolute atomic E-state index is 5.48. The highest BCUT2D eigenvalue weighted by atomic mass is 32.2. The third kappa shape index (κ3) is 5.16. The van der Waals surface area contributed by atoms with Gasteiger partial charge in [-0.2, -0.15) is 0 Å². The molecule has 2 aromatic rings. The van der Waals surface area contributed by atoms with Crippen molar-refractivity contribution in [3.63, 3.8) is 0 Å². The van der Waals surface area contributed by atoms with Crippen LogP contribution in [0.1, 0.15) is 23.1 Å². The Morgan fingerprint density at radius 3 is 2.59 bits per heavy atom. The average Bonchev–Trinajstić information content (AvgIpc) is 3.14. The Morgan fingerprint density at radius 2 is 1.83 bits per heavy atom. The summed E-state index contributed by atoms with van der Waals surface area (Å²) < 4.78 is 5.48. The molecule has 0 aliphatic carbocycles. The van der Waals surface area contributed by atoms with Gasteiger partial charge >= 0.3 is 0 Å². The molecule has 29 heavy (non-hydrogen) atoms. The molecule has 5 heteroatoms. The van der Waals surface area contributed by atoms with Crippen LogP contribution in [0.2, 0.25) is 0 Å². The van der Waals surface area contributed by atoms with Gasteiger partial charge in [0.15, 0.2) is 5.50 Å². The van der Waals surface area contributed by atoms with E-state index in [0.29, 0.717) is 0 Å². The van der Waals surface area contributed by atoms with Crippen molar-refractivity contribution in [3.8, 4) is 0 Å². The lowest BCUT2D eigenvalue weighted by atomic mass is 10.1. The Labute approximate surface area is 178 Å². The van der Waals surface area contributed by atoms with Crippen LogP contribution >= 0.6 is 11.8 Å². The third-order valence-corrected chi connectivity index (χ3v) is 6.60. The van der Waals surface area contributed by atoms with Gasteiger partial charge in [-0.15, -0.1) is 0 Å². The van der Waals surface area contributed by atoms with Crippen LogP contribution in [-0.4, -0.2) is 54.7 Å². The van der Waals surface area contributed by atoms with E-state index >= 15 is 0 Å². The molecule has 1 N–H and O–H groups in total. The lowest BCUT2D eigenvalue weighted by Crippen LogP contribution is -2.39. The molecule has 0 saturated carbocycles. The molecule has 1 saturated heterocycles. The summed E-state index contributed by atoms with van der Waals surface area (Å²) in [7, 11) is 0. The monoisotopic (exact) mass is 409 g/mol. The van der Waals surface area contributed by atoms with Crippen LogP contribution < -0.4 is 5.32 Å². The Bertz CT molecular complexity index is 833. The molecule has 1 unspecified atom stereocenters. The van der Waals surface area contributed by atoms with Gasteiger partial charge in [-0.05, 0) is 42.9 Å². The zero-order valence-corrected chi connectivity index (χ0v) is 18.3. The van der Waals surface area contributed by atoms with E-state index in [2.05, 4.69) is 82.9 Å². The molecule has 1 atom stereocenters. The number of thioether (sulfide) groups is 1. The van der Waals surface area contributed by atoms with E-state index in [-0.39, 0.29) is 5.50 Å². The van der Waals surface area contributed by atoms with Crippen molar-refractivity contribution in [1.82, 2.24) is 9.80 Å². The number of morpholine rings is 1. The zero-order chi connectivity index (χ0) is 20.1. The SMILES string of the molecule is Cc1ccc(NC2SC=C(c3ccccc3)N2CCCN2CCOCC2)c(C)c1. The first-order valence-corrected chi connectivity index (χ1v) is 11.5. The van der Waals surface area contributed by atoms with Gasteiger partial charge in [0.05, 0.1) is 18.9 Å². The van der Waals surface area contributed by atoms with Crippen molar-refractivity contribution in [2.45, 2.75) is 25.8 Å². The first-order chi connectivity index (χ1) is 14.2. The number of aryl methyl sites for hydroxylation is 2. The van der Waals surface area contributed by atoms with Gasteiger partial charge in [0.1, 0.15) is 0 Å². The summed E-state index contributed by atoms with van der Waals surface area (Å²) in [4.78, 5) is 5.05.